The van der Waals surface area contributed by atoms with E-state index in [1.54, 1.807) is 18.4 Å². The van der Waals surface area contributed by atoms with Gasteiger partial charge in [0.2, 0.25) is 5.91 Å². The zero-order valence-corrected chi connectivity index (χ0v) is 12.0. The Morgan fingerprint density at radius 1 is 1.30 bits per heavy atom. The maximum atomic E-state index is 11.6. The number of hydrogen-bond acceptors (Lipinski definition) is 3. The van der Waals surface area contributed by atoms with Gasteiger partial charge >= 0.3 is 0 Å². The van der Waals surface area contributed by atoms with Crippen LogP contribution in [0.25, 0.3) is 0 Å². The standard InChI is InChI=1S/C16H15NO2S/c1-19-14-8-6-13(7-9-14)4-2-10-17-16(18)12-15-5-3-11-20-15/h3,5-9,11H,10,12H2,1H3,(H,17,18). The molecule has 1 amide bonds. The van der Waals surface area contributed by atoms with Crippen LogP contribution in [0.2, 0.25) is 0 Å². The highest BCUT2D eigenvalue weighted by molar-refractivity contribution is 7.10. The number of thiophene rings is 1. The van der Waals surface area contributed by atoms with E-state index in [4.69, 9.17) is 4.74 Å². The van der Waals surface area contributed by atoms with Gasteiger partial charge in [-0.2, -0.15) is 0 Å². The second kappa shape index (κ2) is 7.37. The molecule has 0 spiro atoms. The van der Waals surface area contributed by atoms with Crippen molar-refractivity contribution >= 4 is 17.2 Å². The van der Waals surface area contributed by atoms with Crippen molar-refractivity contribution in [3.8, 4) is 17.6 Å². The van der Waals surface area contributed by atoms with Gasteiger partial charge in [0.05, 0.1) is 20.1 Å². The fourth-order valence-corrected chi connectivity index (χ4v) is 2.30. The molecule has 0 saturated carbocycles. The second-order valence-corrected chi connectivity index (χ2v) is 5.10. The van der Waals surface area contributed by atoms with Crippen molar-refractivity contribution in [3.05, 3.63) is 52.2 Å². The molecule has 1 N–H and O–H groups in total. The molecule has 20 heavy (non-hydrogen) atoms. The Labute approximate surface area is 122 Å². The predicted octanol–water partition coefficient (Wildman–Crippen LogP) is 2.47. The summed E-state index contributed by atoms with van der Waals surface area (Å²) < 4.78 is 5.07. The molecule has 1 aromatic carbocycles. The van der Waals surface area contributed by atoms with Gasteiger partial charge in [-0.3, -0.25) is 4.79 Å². The molecular formula is C16H15NO2S. The second-order valence-electron chi connectivity index (χ2n) is 4.06. The van der Waals surface area contributed by atoms with Crippen molar-refractivity contribution in [2.24, 2.45) is 0 Å². The van der Waals surface area contributed by atoms with Crippen LogP contribution in [0, 0.1) is 11.8 Å². The van der Waals surface area contributed by atoms with Crippen LogP contribution >= 0.6 is 11.3 Å². The van der Waals surface area contributed by atoms with E-state index in [1.807, 2.05) is 41.8 Å². The van der Waals surface area contributed by atoms with Gasteiger partial charge in [0.15, 0.2) is 0 Å². The summed E-state index contributed by atoms with van der Waals surface area (Å²) in [4.78, 5) is 12.7. The number of nitrogens with one attached hydrogen (secondary N) is 1. The lowest BCUT2D eigenvalue weighted by Crippen LogP contribution is -2.24. The van der Waals surface area contributed by atoms with E-state index in [-0.39, 0.29) is 5.91 Å². The normalized spacial score (nSPS) is 9.45. The summed E-state index contributed by atoms with van der Waals surface area (Å²) in [5, 5.41) is 4.75. The average Bonchev–Trinajstić information content (AvgIpc) is 2.97. The molecule has 0 atom stereocenters. The summed E-state index contributed by atoms with van der Waals surface area (Å²) in [6.45, 7) is 0.357. The molecule has 1 aromatic heterocycles. The molecule has 0 radical (unpaired) electrons. The van der Waals surface area contributed by atoms with Crippen molar-refractivity contribution < 1.29 is 9.53 Å². The fourth-order valence-electron chi connectivity index (χ4n) is 1.60. The van der Waals surface area contributed by atoms with E-state index in [2.05, 4.69) is 17.2 Å². The lowest BCUT2D eigenvalue weighted by Gasteiger charge is -1.99. The van der Waals surface area contributed by atoms with E-state index < -0.39 is 0 Å². The third kappa shape index (κ3) is 4.45. The molecule has 0 fully saturated rings. The highest BCUT2D eigenvalue weighted by Crippen LogP contribution is 2.10. The molecule has 0 aliphatic heterocycles. The van der Waals surface area contributed by atoms with Crippen LogP contribution in [-0.4, -0.2) is 19.6 Å². The summed E-state index contributed by atoms with van der Waals surface area (Å²) in [7, 11) is 1.63. The molecule has 0 saturated heterocycles. The van der Waals surface area contributed by atoms with Gasteiger partial charge in [-0.1, -0.05) is 17.9 Å². The molecule has 0 bridgehead atoms. The molecule has 2 rings (SSSR count). The molecule has 1 heterocycles. The molecular weight excluding hydrogens is 270 g/mol. The summed E-state index contributed by atoms with van der Waals surface area (Å²) in [6.07, 6.45) is 0.419. The molecule has 2 aromatic rings. The maximum Gasteiger partial charge on any atom is 0.226 e. The summed E-state index contributed by atoms with van der Waals surface area (Å²) >= 11 is 1.58. The van der Waals surface area contributed by atoms with E-state index >= 15 is 0 Å². The minimum atomic E-state index is -0.00326. The number of carbonyl (C=O) groups excluding carboxylic acids is 1. The van der Waals surface area contributed by atoms with Crippen LogP contribution in [0.1, 0.15) is 10.4 Å². The summed E-state index contributed by atoms with van der Waals surface area (Å²) in [6, 6.07) is 11.4. The Kier molecular flexibility index (Phi) is 5.22. The van der Waals surface area contributed by atoms with Gasteiger partial charge in [0.1, 0.15) is 5.75 Å². The van der Waals surface area contributed by atoms with Crippen molar-refractivity contribution in [3.63, 3.8) is 0 Å². The Morgan fingerprint density at radius 2 is 2.10 bits per heavy atom. The smallest absolute Gasteiger partial charge is 0.226 e. The number of rotatable bonds is 4. The minimum Gasteiger partial charge on any atom is -0.497 e. The first-order valence-electron chi connectivity index (χ1n) is 6.20. The Hall–Kier alpha value is -2.25. The molecule has 3 nitrogen and oxygen atoms in total. The van der Waals surface area contributed by atoms with Crippen LogP contribution in [-0.2, 0) is 11.2 Å². The van der Waals surface area contributed by atoms with Crippen molar-refractivity contribution in [2.45, 2.75) is 6.42 Å². The first-order valence-corrected chi connectivity index (χ1v) is 7.08. The highest BCUT2D eigenvalue weighted by Gasteiger charge is 2.01. The number of ether oxygens (including phenoxy) is 1. The van der Waals surface area contributed by atoms with Gasteiger partial charge in [0, 0.05) is 10.4 Å². The summed E-state index contributed by atoms with van der Waals surface area (Å²) in [5.74, 6) is 6.72. The topological polar surface area (TPSA) is 38.3 Å². The molecule has 0 aliphatic rings. The average molecular weight is 285 g/mol. The Bertz CT molecular complexity index is 606. The third-order valence-corrected chi connectivity index (χ3v) is 3.49. The Balaban J connectivity index is 1.77. The highest BCUT2D eigenvalue weighted by atomic mass is 32.1. The van der Waals surface area contributed by atoms with Crippen LogP contribution in [0.4, 0.5) is 0 Å². The van der Waals surface area contributed by atoms with Gasteiger partial charge in [-0.25, -0.2) is 0 Å². The zero-order chi connectivity index (χ0) is 14.2. The number of hydrogen-bond donors (Lipinski definition) is 1. The predicted molar refractivity (Wildman–Crippen MR) is 80.9 cm³/mol. The first-order chi connectivity index (χ1) is 9.78. The van der Waals surface area contributed by atoms with Crippen LogP contribution < -0.4 is 10.1 Å². The van der Waals surface area contributed by atoms with E-state index in [9.17, 15) is 4.79 Å². The molecule has 102 valence electrons. The van der Waals surface area contributed by atoms with Gasteiger partial charge in [-0.15, -0.1) is 11.3 Å². The van der Waals surface area contributed by atoms with Crippen LogP contribution in [0.3, 0.4) is 0 Å². The first kappa shape index (κ1) is 14.2. The van der Waals surface area contributed by atoms with Gasteiger partial charge < -0.3 is 10.1 Å². The number of amides is 1. The van der Waals surface area contributed by atoms with E-state index in [0.717, 1.165) is 16.2 Å². The van der Waals surface area contributed by atoms with Crippen molar-refractivity contribution in [1.82, 2.24) is 5.32 Å². The maximum absolute atomic E-state index is 11.6. The number of methoxy groups -OCH3 is 1. The third-order valence-electron chi connectivity index (χ3n) is 2.61. The lowest BCUT2D eigenvalue weighted by molar-refractivity contribution is -0.120. The van der Waals surface area contributed by atoms with Crippen molar-refractivity contribution in [2.75, 3.05) is 13.7 Å². The SMILES string of the molecule is COc1ccc(C#CCNC(=O)Cc2cccs2)cc1. The Morgan fingerprint density at radius 3 is 2.75 bits per heavy atom. The van der Waals surface area contributed by atoms with Crippen molar-refractivity contribution in [1.29, 1.82) is 0 Å². The monoisotopic (exact) mass is 285 g/mol. The minimum absolute atomic E-state index is 0.00326. The van der Waals surface area contributed by atoms with Gasteiger partial charge in [0.25, 0.3) is 0 Å². The molecule has 4 heteroatoms. The van der Waals surface area contributed by atoms with Crippen LogP contribution in [0.5, 0.6) is 5.75 Å². The summed E-state index contributed by atoms with van der Waals surface area (Å²) in [5.41, 5.74) is 0.901. The lowest BCUT2D eigenvalue weighted by atomic mass is 10.2. The zero-order valence-electron chi connectivity index (χ0n) is 11.2. The van der Waals surface area contributed by atoms with Crippen LogP contribution in [0.15, 0.2) is 41.8 Å². The quantitative estimate of drug-likeness (QED) is 0.876. The number of benzene rings is 1. The fraction of sp³-hybridized carbons (Fsp3) is 0.188. The van der Waals surface area contributed by atoms with Gasteiger partial charge in [-0.05, 0) is 35.7 Å². The van der Waals surface area contributed by atoms with E-state index in [0.29, 0.717) is 13.0 Å². The molecule has 0 aliphatic carbocycles. The molecule has 0 unspecified atom stereocenters. The largest absolute Gasteiger partial charge is 0.497 e. The van der Waals surface area contributed by atoms with E-state index in [1.165, 1.54) is 0 Å². The number of carbonyl (C=O) groups is 1.